The molecule has 2 N–H and O–H groups in total. The van der Waals surface area contributed by atoms with Crippen LogP contribution in [0.2, 0.25) is 0 Å². The Morgan fingerprint density at radius 2 is 2.10 bits per heavy atom. The molecule has 0 aliphatic heterocycles. The first-order valence-electron chi connectivity index (χ1n) is 6.67. The minimum atomic E-state index is -0.255. The summed E-state index contributed by atoms with van der Waals surface area (Å²) in [5.74, 6) is 1.35. The third-order valence-electron chi connectivity index (χ3n) is 3.32. The number of halogens is 1. The van der Waals surface area contributed by atoms with E-state index in [2.05, 4.69) is 5.10 Å². The van der Waals surface area contributed by atoms with Crippen LogP contribution in [0.5, 0.6) is 0 Å². The van der Waals surface area contributed by atoms with Crippen molar-refractivity contribution >= 4 is 5.69 Å². The number of hydrogen-bond acceptors (Lipinski definition) is 3. The number of nitrogens with two attached hydrogens (primary N) is 1. The van der Waals surface area contributed by atoms with E-state index in [4.69, 9.17) is 10.2 Å². The summed E-state index contributed by atoms with van der Waals surface area (Å²) in [6, 6.07) is 8.37. The first-order chi connectivity index (χ1) is 10.0. The monoisotopic (exact) mass is 285 g/mol. The zero-order valence-corrected chi connectivity index (χ0v) is 11.9. The van der Waals surface area contributed by atoms with Crippen molar-refractivity contribution in [2.75, 3.05) is 5.73 Å². The van der Waals surface area contributed by atoms with Crippen molar-refractivity contribution < 1.29 is 8.81 Å². The van der Waals surface area contributed by atoms with Gasteiger partial charge in [-0.3, -0.25) is 4.68 Å². The predicted molar refractivity (Wildman–Crippen MR) is 79.3 cm³/mol. The number of aryl methyl sites for hydroxylation is 2. The highest BCUT2D eigenvalue weighted by Crippen LogP contribution is 2.29. The maximum absolute atomic E-state index is 13.2. The Morgan fingerprint density at radius 3 is 2.76 bits per heavy atom. The Morgan fingerprint density at radius 1 is 1.29 bits per heavy atom. The molecule has 0 bridgehead atoms. The number of furan rings is 1. The van der Waals surface area contributed by atoms with Crippen molar-refractivity contribution in [1.82, 2.24) is 9.78 Å². The summed E-state index contributed by atoms with van der Waals surface area (Å²) in [6.07, 6.45) is 1.75. The molecule has 0 fully saturated rings. The maximum atomic E-state index is 13.2. The summed E-state index contributed by atoms with van der Waals surface area (Å²) in [4.78, 5) is 0. The Hall–Kier alpha value is -2.56. The largest absolute Gasteiger partial charge is 0.466 e. The molecular weight excluding hydrogens is 269 g/mol. The SMILES string of the molecule is Cc1cc(-c2nn(Cc3cccc(F)c3)cc2N)c(C)o1. The van der Waals surface area contributed by atoms with E-state index in [1.807, 2.05) is 26.0 Å². The predicted octanol–water partition coefficient (Wildman–Crippen LogP) is 3.53. The van der Waals surface area contributed by atoms with Crippen LogP contribution in [0.15, 0.2) is 40.9 Å². The van der Waals surface area contributed by atoms with Crippen LogP contribution < -0.4 is 5.73 Å². The smallest absolute Gasteiger partial charge is 0.123 e. The molecular formula is C16H16FN3O. The van der Waals surface area contributed by atoms with Gasteiger partial charge in [0.05, 0.1) is 12.2 Å². The Bertz CT molecular complexity index is 789. The second-order valence-electron chi connectivity index (χ2n) is 5.09. The molecule has 0 spiro atoms. The topological polar surface area (TPSA) is 57.0 Å². The molecule has 21 heavy (non-hydrogen) atoms. The average molecular weight is 285 g/mol. The summed E-state index contributed by atoms with van der Waals surface area (Å²) in [7, 11) is 0. The quantitative estimate of drug-likeness (QED) is 0.801. The number of nitrogen functional groups attached to an aromatic ring is 1. The lowest BCUT2D eigenvalue weighted by Gasteiger charge is -2.01. The van der Waals surface area contributed by atoms with Gasteiger partial charge in [0.15, 0.2) is 0 Å². The zero-order chi connectivity index (χ0) is 15.0. The lowest BCUT2D eigenvalue weighted by molar-refractivity contribution is 0.505. The molecule has 1 aromatic carbocycles. The van der Waals surface area contributed by atoms with Crippen LogP contribution in [0.1, 0.15) is 17.1 Å². The van der Waals surface area contributed by atoms with E-state index in [1.54, 1.807) is 16.9 Å². The van der Waals surface area contributed by atoms with Gasteiger partial charge in [-0.1, -0.05) is 12.1 Å². The molecule has 3 rings (SSSR count). The van der Waals surface area contributed by atoms with Crippen molar-refractivity contribution in [2.45, 2.75) is 20.4 Å². The molecule has 5 heteroatoms. The number of benzene rings is 1. The minimum absolute atomic E-state index is 0.255. The van der Waals surface area contributed by atoms with Gasteiger partial charge in [0.2, 0.25) is 0 Å². The molecule has 4 nitrogen and oxygen atoms in total. The number of nitrogens with zero attached hydrogens (tertiary/aromatic N) is 2. The van der Waals surface area contributed by atoms with Crippen LogP contribution in [-0.2, 0) is 6.54 Å². The summed E-state index contributed by atoms with van der Waals surface area (Å²) < 4.78 is 20.4. The normalized spacial score (nSPS) is 11.0. The van der Waals surface area contributed by atoms with Crippen LogP contribution >= 0.6 is 0 Å². The molecule has 0 radical (unpaired) electrons. The van der Waals surface area contributed by atoms with Crippen molar-refractivity contribution in [1.29, 1.82) is 0 Å². The van der Waals surface area contributed by atoms with Crippen LogP contribution in [0, 0.1) is 19.7 Å². The molecule has 0 aliphatic rings. The van der Waals surface area contributed by atoms with Crippen molar-refractivity contribution in [2.24, 2.45) is 0 Å². The molecule has 2 aromatic heterocycles. The molecule has 0 atom stereocenters. The van der Waals surface area contributed by atoms with Crippen molar-refractivity contribution in [3.63, 3.8) is 0 Å². The highest BCUT2D eigenvalue weighted by molar-refractivity contribution is 5.73. The molecule has 2 heterocycles. The number of hydrogen-bond donors (Lipinski definition) is 1. The van der Waals surface area contributed by atoms with Crippen molar-refractivity contribution in [3.05, 3.63) is 59.4 Å². The molecule has 0 amide bonds. The lowest BCUT2D eigenvalue weighted by atomic mass is 10.1. The number of anilines is 1. The van der Waals surface area contributed by atoms with Crippen LogP contribution in [0.3, 0.4) is 0 Å². The van der Waals surface area contributed by atoms with E-state index < -0.39 is 0 Å². The van der Waals surface area contributed by atoms with Gasteiger partial charge in [-0.05, 0) is 37.6 Å². The van der Waals surface area contributed by atoms with Crippen molar-refractivity contribution in [3.8, 4) is 11.3 Å². The highest BCUT2D eigenvalue weighted by atomic mass is 19.1. The van der Waals surface area contributed by atoms with Crippen LogP contribution in [0.4, 0.5) is 10.1 Å². The number of rotatable bonds is 3. The Labute approximate surface area is 122 Å². The number of aromatic nitrogens is 2. The van der Waals surface area contributed by atoms with E-state index in [0.717, 1.165) is 22.6 Å². The second-order valence-corrected chi connectivity index (χ2v) is 5.09. The molecule has 108 valence electrons. The fraction of sp³-hybridized carbons (Fsp3) is 0.188. The van der Waals surface area contributed by atoms with Gasteiger partial charge in [0.25, 0.3) is 0 Å². The average Bonchev–Trinajstić information content (AvgIpc) is 2.92. The van der Waals surface area contributed by atoms with E-state index >= 15 is 0 Å². The van der Waals surface area contributed by atoms with Gasteiger partial charge in [0, 0.05) is 11.8 Å². The Balaban J connectivity index is 1.93. The Kier molecular flexibility index (Phi) is 3.25. The van der Waals surface area contributed by atoms with Gasteiger partial charge >= 0.3 is 0 Å². The van der Waals surface area contributed by atoms with E-state index in [9.17, 15) is 4.39 Å². The van der Waals surface area contributed by atoms with E-state index in [0.29, 0.717) is 17.9 Å². The summed E-state index contributed by atoms with van der Waals surface area (Å²) in [6.45, 7) is 4.24. The highest BCUT2D eigenvalue weighted by Gasteiger charge is 2.14. The maximum Gasteiger partial charge on any atom is 0.123 e. The zero-order valence-electron chi connectivity index (χ0n) is 11.9. The van der Waals surface area contributed by atoms with E-state index in [-0.39, 0.29) is 5.82 Å². The molecule has 0 unspecified atom stereocenters. The van der Waals surface area contributed by atoms with Gasteiger partial charge in [-0.25, -0.2) is 4.39 Å². The first-order valence-corrected chi connectivity index (χ1v) is 6.67. The summed E-state index contributed by atoms with van der Waals surface area (Å²) in [5.41, 5.74) is 9.04. The summed E-state index contributed by atoms with van der Waals surface area (Å²) >= 11 is 0. The molecule has 3 aromatic rings. The first kappa shape index (κ1) is 13.4. The standard InChI is InChI=1S/C16H16FN3O/c1-10-6-14(11(2)21-10)16-15(18)9-20(19-16)8-12-4-3-5-13(17)7-12/h3-7,9H,8,18H2,1-2H3. The van der Waals surface area contributed by atoms with Crippen LogP contribution in [-0.4, -0.2) is 9.78 Å². The van der Waals surface area contributed by atoms with E-state index in [1.165, 1.54) is 12.1 Å². The second kappa shape index (κ2) is 5.09. The fourth-order valence-electron chi connectivity index (χ4n) is 2.42. The van der Waals surface area contributed by atoms with Gasteiger partial charge in [-0.2, -0.15) is 5.10 Å². The molecule has 0 saturated heterocycles. The molecule has 0 aliphatic carbocycles. The minimum Gasteiger partial charge on any atom is -0.466 e. The lowest BCUT2D eigenvalue weighted by Crippen LogP contribution is -2.00. The van der Waals surface area contributed by atoms with Gasteiger partial charge < -0.3 is 10.2 Å². The van der Waals surface area contributed by atoms with Gasteiger partial charge in [0.1, 0.15) is 23.0 Å². The summed E-state index contributed by atoms with van der Waals surface area (Å²) in [5, 5.41) is 4.49. The van der Waals surface area contributed by atoms with Crippen LogP contribution in [0.25, 0.3) is 11.3 Å². The fourth-order valence-corrected chi connectivity index (χ4v) is 2.42. The molecule has 0 saturated carbocycles. The third kappa shape index (κ3) is 2.67. The third-order valence-corrected chi connectivity index (χ3v) is 3.32. The van der Waals surface area contributed by atoms with Gasteiger partial charge in [-0.15, -0.1) is 0 Å².